The molecule has 1 N–H and O–H groups in total. The molecule has 0 fully saturated rings. The number of hydrogen-bond acceptors (Lipinski definition) is 5. The van der Waals surface area contributed by atoms with Crippen molar-refractivity contribution in [1.29, 1.82) is 5.26 Å². The smallest absolute Gasteiger partial charge is 0.138 e. The van der Waals surface area contributed by atoms with Gasteiger partial charge in [0.05, 0.1) is 28.3 Å². The highest BCUT2D eigenvalue weighted by Gasteiger charge is 2.20. The SMILES string of the molecule is C[C@H](Nc1ccncc1C#N)c1nc2ccc(F)cc2n1-c1ccccn1. The Hall–Kier alpha value is -3.79. The summed E-state index contributed by atoms with van der Waals surface area (Å²) >= 11 is 0. The number of rotatable bonds is 4. The molecule has 0 spiro atoms. The Morgan fingerprint density at radius 2 is 2.07 bits per heavy atom. The van der Waals surface area contributed by atoms with E-state index in [9.17, 15) is 9.65 Å². The van der Waals surface area contributed by atoms with Crippen molar-refractivity contribution >= 4 is 16.7 Å². The Balaban J connectivity index is 1.85. The monoisotopic (exact) mass is 358 g/mol. The van der Waals surface area contributed by atoms with Crippen molar-refractivity contribution in [3.63, 3.8) is 0 Å². The van der Waals surface area contributed by atoms with E-state index in [0.717, 1.165) is 0 Å². The molecule has 0 aliphatic rings. The van der Waals surface area contributed by atoms with Crippen molar-refractivity contribution in [1.82, 2.24) is 19.5 Å². The zero-order valence-electron chi connectivity index (χ0n) is 14.5. The van der Waals surface area contributed by atoms with Gasteiger partial charge in [-0.15, -0.1) is 0 Å². The third kappa shape index (κ3) is 3.09. The van der Waals surface area contributed by atoms with Crippen LogP contribution in [0.4, 0.5) is 10.1 Å². The third-order valence-corrected chi connectivity index (χ3v) is 4.22. The van der Waals surface area contributed by atoms with Gasteiger partial charge in [-0.25, -0.2) is 14.4 Å². The molecule has 1 aromatic carbocycles. The van der Waals surface area contributed by atoms with Gasteiger partial charge >= 0.3 is 0 Å². The molecule has 6 nitrogen and oxygen atoms in total. The number of aromatic nitrogens is 4. The number of halogens is 1. The van der Waals surface area contributed by atoms with Gasteiger partial charge < -0.3 is 5.32 Å². The summed E-state index contributed by atoms with van der Waals surface area (Å²) in [7, 11) is 0. The standard InChI is InChI=1S/C20H15FN6/c1-13(25-16-7-9-23-12-14(16)11-22)20-26-17-6-5-15(21)10-18(17)27(20)19-4-2-3-8-24-19/h2-10,12-13H,1H3,(H,23,25)/t13-/m0/s1. The van der Waals surface area contributed by atoms with E-state index in [1.807, 2.05) is 29.7 Å². The summed E-state index contributed by atoms with van der Waals surface area (Å²) in [6, 6.07) is 13.6. The summed E-state index contributed by atoms with van der Waals surface area (Å²) in [6.07, 6.45) is 4.80. The highest BCUT2D eigenvalue weighted by atomic mass is 19.1. The Labute approximate surface area is 155 Å². The quantitative estimate of drug-likeness (QED) is 0.596. The first-order chi connectivity index (χ1) is 13.2. The summed E-state index contributed by atoms with van der Waals surface area (Å²) in [5.41, 5.74) is 2.40. The average molecular weight is 358 g/mol. The minimum atomic E-state index is -0.340. The maximum absolute atomic E-state index is 13.9. The molecule has 0 saturated heterocycles. The number of pyridine rings is 2. The molecule has 27 heavy (non-hydrogen) atoms. The van der Waals surface area contributed by atoms with Crippen LogP contribution in [0.1, 0.15) is 24.4 Å². The van der Waals surface area contributed by atoms with Gasteiger partial charge in [-0.2, -0.15) is 5.26 Å². The van der Waals surface area contributed by atoms with Crippen LogP contribution in [0, 0.1) is 17.1 Å². The predicted octanol–water partition coefficient (Wildman–Crippen LogP) is 4.00. The Bertz CT molecular complexity index is 1150. The molecule has 4 aromatic rings. The number of nitriles is 1. The number of nitrogens with one attached hydrogen (secondary N) is 1. The Morgan fingerprint density at radius 3 is 2.85 bits per heavy atom. The fourth-order valence-corrected chi connectivity index (χ4v) is 2.99. The van der Waals surface area contributed by atoms with Gasteiger partial charge in [0.2, 0.25) is 0 Å². The third-order valence-electron chi connectivity index (χ3n) is 4.22. The largest absolute Gasteiger partial charge is 0.374 e. The summed E-state index contributed by atoms with van der Waals surface area (Å²) < 4.78 is 15.7. The van der Waals surface area contributed by atoms with Crippen LogP contribution in [0.3, 0.4) is 0 Å². The number of hydrogen-bond donors (Lipinski definition) is 1. The summed E-state index contributed by atoms with van der Waals surface area (Å²) in [6.45, 7) is 1.93. The van der Waals surface area contributed by atoms with Gasteiger partial charge in [-0.05, 0) is 37.3 Å². The van der Waals surface area contributed by atoms with E-state index in [-0.39, 0.29) is 11.9 Å². The van der Waals surface area contributed by atoms with Crippen LogP contribution in [0.25, 0.3) is 16.9 Å². The van der Waals surface area contributed by atoms with E-state index < -0.39 is 0 Å². The van der Waals surface area contributed by atoms with Crippen LogP contribution in [0.15, 0.2) is 61.1 Å². The van der Waals surface area contributed by atoms with Crippen LogP contribution < -0.4 is 5.32 Å². The lowest BCUT2D eigenvalue weighted by Crippen LogP contribution is -2.14. The van der Waals surface area contributed by atoms with Crippen molar-refractivity contribution in [3.8, 4) is 11.9 Å². The molecule has 7 heteroatoms. The maximum atomic E-state index is 13.9. The van der Waals surface area contributed by atoms with Crippen LogP contribution >= 0.6 is 0 Å². The first-order valence-electron chi connectivity index (χ1n) is 8.37. The minimum Gasteiger partial charge on any atom is -0.374 e. The second kappa shape index (κ2) is 6.84. The lowest BCUT2D eigenvalue weighted by molar-refractivity contribution is 0.629. The van der Waals surface area contributed by atoms with Crippen LogP contribution in [-0.2, 0) is 0 Å². The summed E-state index contributed by atoms with van der Waals surface area (Å²) in [5.74, 6) is 0.965. The van der Waals surface area contributed by atoms with E-state index >= 15 is 0 Å². The van der Waals surface area contributed by atoms with E-state index in [1.165, 1.54) is 18.3 Å². The predicted molar refractivity (Wildman–Crippen MR) is 99.8 cm³/mol. The first-order valence-corrected chi connectivity index (χ1v) is 8.37. The van der Waals surface area contributed by atoms with Crippen molar-refractivity contribution in [2.45, 2.75) is 13.0 Å². The molecule has 0 aliphatic carbocycles. The first kappa shape index (κ1) is 16.7. The van der Waals surface area contributed by atoms with Crippen molar-refractivity contribution in [2.24, 2.45) is 0 Å². The van der Waals surface area contributed by atoms with E-state index in [2.05, 4.69) is 26.3 Å². The molecule has 4 rings (SSSR count). The van der Waals surface area contributed by atoms with Gasteiger partial charge in [-0.3, -0.25) is 9.55 Å². The van der Waals surface area contributed by atoms with Gasteiger partial charge in [0.1, 0.15) is 23.5 Å². The fourth-order valence-electron chi connectivity index (χ4n) is 2.99. The molecule has 0 aliphatic heterocycles. The number of imidazole rings is 1. The zero-order valence-corrected chi connectivity index (χ0v) is 14.5. The molecule has 0 amide bonds. The molecule has 0 saturated carbocycles. The molecule has 0 bridgehead atoms. The van der Waals surface area contributed by atoms with Crippen molar-refractivity contribution in [2.75, 3.05) is 5.32 Å². The van der Waals surface area contributed by atoms with Gasteiger partial charge in [-0.1, -0.05) is 6.07 Å². The van der Waals surface area contributed by atoms with Crippen molar-refractivity contribution in [3.05, 3.63) is 78.3 Å². The molecule has 1 atom stereocenters. The fraction of sp³-hybridized carbons (Fsp3) is 0.100. The molecule has 0 unspecified atom stereocenters. The second-order valence-electron chi connectivity index (χ2n) is 6.03. The molecule has 0 radical (unpaired) electrons. The normalized spacial score (nSPS) is 11.9. The lowest BCUT2D eigenvalue weighted by Gasteiger charge is -2.17. The highest BCUT2D eigenvalue weighted by Crippen LogP contribution is 2.27. The van der Waals surface area contributed by atoms with Crippen LogP contribution in [0.2, 0.25) is 0 Å². The molecule has 132 valence electrons. The Morgan fingerprint density at radius 1 is 1.19 bits per heavy atom. The molecule has 3 aromatic heterocycles. The minimum absolute atomic E-state index is 0.267. The van der Waals surface area contributed by atoms with Crippen LogP contribution in [0.5, 0.6) is 0 Å². The summed E-state index contributed by atoms with van der Waals surface area (Å²) in [4.78, 5) is 13.0. The zero-order chi connectivity index (χ0) is 18.8. The maximum Gasteiger partial charge on any atom is 0.138 e. The molecule has 3 heterocycles. The van der Waals surface area contributed by atoms with E-state index in [4.69, 9.17) is 0 Å². The van der Waals surface area contributed by atoms with E-state index in [1.54, 1.807) is 24.5 Å². The molecular weight excluding hydrogens is 343 g/mol. The summed E-state index contributed by atoms with van der Waals surface area (Å²) in [5, 5.41) is 12.6. The highest BCUT2D eigenvalue weighted by molar-refractivity contribution is 5.78. The number of benzene rings is 1. The van der Waals surface area contributed by atoms with Crippen molar-refractivity contribution < 1.29 is 4.39 Å². The number of fused-ring (bicyclic) bond motifs is 1. The average Bonchev–Trinajstić information content (AvgIpc) is 3.08. The Kier molecular flexibility index (Phi) is 4.22. The van der Waals surface area contributed by atoms with Gasteiger partial charge in [0, 0.05) is 24.7 Å². The van der Waals surface area contributed by atoms with Gasteiger partial charge in [0.25, 0.3) is 0 Å². The lowest BCUT2D eigenvalue weighted by atomic mass is 10.2. The van der Waals surface area contributed by atoms with Gasteiger partial charge in [0.15, 0.2) is 0 Å². The van der Waals surface area contributed by atoms with E-state index in [0.29, 0.717) is 33.9 Å². The molecular formula is C20H15FN6. The number of nitrogens with zero attached hydrogens (tertiary/aromatic N) is 5. The van der Waals surface area contributed by atoms with Crippen LogP contribution in [-0.4, -0.2) is 19.5 Å². The topological polar surface area (TPSA) is 79.4 Å². The number of anilines is 1. The second-order valence-corrected chi connectivity index (χ2v) is 6.03.